The lowest BCUT2D eigenvalue weighted by atomic mass is 10.2. The number of nitrogens with zero attached hydrogens (tertiary/aromatic N) is 2. The van der Waals surface area contributed by atoms with Crippen LogP contribution in [0.15, 0.2) is 18.2 Å². The van der Waals surface area contributed by atoms with Crippen molar-refractivity contribution in [3.8, 4) is 5.75 Å². The highest BCUT2D eigenvalue weighted by molar-refractivity contribution is 7.71. The molecule has 0 amide bonds. The molecule has 4 nitrogen and oxygen atoms in total. The molecule has 0 aliphatic heterocycles. The van der Waals surface area contributed by atoms with Gasteiger partial charge in [-0.1, -0.05) is 6.07 Å². The molecular weight excluding hydrogens is 282 g/mol. The maximum absolute atomic E-state index is 5.44. The Labute approximate surface area is 131 Å². The second-order valence-corrected chi connectivity index (χ2v) is 6.10. The third-order valence-corrected chi connectivity index (χ3v) is 4.34. The number of para-hydroxylation sites is 1. The van der Waals surface area contributed by atoms with Crippen molar-refractivity contribution in [3.05, 3.63) is 23.0 Å². The van der Waals surface area contributed by atoms with Crippen LogP contribution in [0.4, 0.5) is 0 Å². The van der Waals surface area contributed by atoms with Gasteiger partial charge in [0.05, 0.1) is 12.6 Å². The summed E-state index contributed by atoms with van der Waals surface area (Å²) in [7, 11) is 3.86. The zero-order valence-corrected chi connectivity index (χ0v) is 14.2. The fourth-order valence-corrected chi connectivity index (χ4v) is 2.73. The molecule has 1 aromatic heterocycles. The summed E-state index contributed by atoms with van der Waals surface area (Å²) >= 11 is 5.44. The molecule has 0 bridgehead atoms. The average Bonchev–Trinajstić information content (AvgIpc) is 2.78. The quantitative estimate of drug-likeness (QED) is 0.623. The molecule has 1 heterocycles. The Morgan fingerprint density at radius 2 is 2.10 bits per heavy atom. The van der Waals surface area contributed by atoms with Crippen molar-refractivity contribution in [2.75, 3.05) is 20.7 Å². The lowest BCUT2D eigenvalue weighted by Crippen LogP contribution is -2.27. The summed E-state index contributed by atoms with van der Waals surface area (Å²) in [4.78, 5) is 5.63. The van der Waals surface area contributed by atoms with Crippen LogP contribution in [0.5, 0.6) is 5.75 Å². The Morgan fingerprint density at radius 3 is 2.76 bits per heavy atom. The molecule has 0 spiro atoms. The molecule has 0 radical (unpaired) electrons. The van der Waals surface area contributed by atoms with Gasteiger partial charge in [-0.25, -0.2) is 0 Å². The van der Waals surface area contributed by atoms with Crippen LogP contribution < -0.4 is 4.74 Å². The average molecular weight is 307 g/mol. The Kier molecular flexibility index (Phi) is 5.42. The van der Waals surface area contributed by atoms with Crippen LogP contribution >= 0.6 is 12.2 Å². The second-order valence-electron chi connectivity index (χ2n) is 5.72. The molecule has 0 saturated carbocycles. The van der Waals surface area contributed by atoms with Gasteiger partial charge < -0.3 is 19.2 Å². The van der Waals surface area contributed by atoms with Gasteiger partial charge in [0.15, 0.2) is 4.77 Å². The van der Waals surface area contributed by atoms with Gasteiger partial charge in [0, 0.05) is 12.6 Å². The molecule has 0 atom stereocenters. The minimum Gasteiger partial charge on any atom is -0.494 e. The van der Waals surface area contributed by atoms with E-state index in [0.717, 1.165) is 41.1 Å². The van der Waals surface area contributed by atoms with Crippen molar-refractivity contribution < 1.29 is 4.74 Å². The van der Waals surface area contributed by atoms with Gasteiger partial charge in [0.25, 0.3) is 0 Å². The second kappa shape index (κ2) is 7.09. The third-order valence-electron chi connectivity index (χ3n) is 4.02. The number of ether oxygens (including phenoxy) is 1. The lowest BCUT2D eigenvalue weighted by molar-refractivity contribution is 0.266. The minimum absolute atomic E-state index is 0.601. The van der Waals surface area contributed by atoms with E-state index in [0.29, 0.717) is 6.04 Å². The van der Waals surface area contributed by atoms with Crippen molar-refractivity contribution >= 4 is 23.3 Å². The summed E-state index contributed by atoms with van der Waals surface area (Å²) in [6, 6.07) is 6.65. The Morgan fingerprint density at radius 1 is 1.33 bits per heavy atom. The van der Waals surface area contributed by atoms with Crippen molar-refractivity contribution in [3.63, 3.8) is 0 Å². The van der Waals surface area contributed by atoms with E-state index < -0.39 is 0 Å². The van der Waals surface area contributed by atoms with Gasteiger partial charge in [-0.3, -0.25) is 0 Å². The Bertz CT molecular complexity index is 644. The van der Waals surface area contributed by atoms with Gasteiger partial charge in [-0.15, -0.1) is 0 Å². The summed E-state index contributed by atoms with van der Waals surface area (Å²) in [5.74, 6) is 0.844. The molecule has 21 heavy (non-hydrogen) atoms. The molecule has 0 aliphatic rings. The largest absolute Gasteiger partial charge is 0.494 e. The monoisotopic (exact) mass is 307 g/mol. The first-order chi connectivity index (χ1) is 10.0. The van der Waals surface area contributed by atoms with Gasteiger partial charge >= 0.3 is 0 Å². The molecule has 1 N–H and O–H groups in total. The number of benzene rings is 1. The van der Waals surface area contributed by atoms with Crippen LogP contribution in [0.1, 0.15) is 26.7 Å². The molecule has 0 fully saturated rings. The molecular formula is C16H25N3OS. The van der Waals surface area contributed by atoms with Gasteiger partial charge in [0.1, 0.15) is 11.3 Å². The Balaban J connectivity index is 2.06. The van der Waals surface area contributed by atoms with E-state index >= 15 is 0 Å². The summed E-state index contributed by atoms with van der Waals surface area (Å²) in [5, 5.41) is 0. The number of aromatic amines is 1. The highest BCUT2D eigenvalue weighted by Crippen LogP contribution is 2.24. The van der Waals surface area contributed by atoms with Crippen LogP contribution in [0, 0.1) is 4.77 Å². The predicted molar refractivity (Wildman–Crippen MR) is 90.7 cm³/mol. The van der Waals surface area contributed by atoms with Gasteiger partial charge in [0.2, 0.25) is 0 Å². The number of imidazole rings is 1. The van der Waals surface area contributed by atoms with Crippen LogP contribution in [0.25, 0.3) is 11.0 Å². The van der Waals surface area contributed by atoms with Crippen molar-refractivity contribution in [2.45, 2.75) is 39.3 Å². The fourth-order valence-electron chi connectivity index (χ4n) is 2.44. The number of rotatable bonds is 7. The van der Waals surface area contributed by atoms with Crippen LogP contribution in [-0.4, -0.2) is 41.2 Å². The standard InChI is InChI=1S/C16H25N3OS/c1-12(2)18(3)10-5-6-11-19-13-8-7-9-14(20-4)15(13)17-16(19)21/h7-9,12H,5-6,10-11H2,1-4H3,(H,17,21). The number of nitrogens with one attached hydrogen (secondary N) is 1. The van der Waals surface area contributed by atoms with Crippen molar-refractivity contribution in [1.82, 2.24) is 14.5 Å². The minimum atomic E-state index is 0.601. The van der Waals surface area contributed by atoms with E-state index in [1.165, 1.54) is 6.42 Å². The molecule has 116 valence electrons. The number of unbranched alkanes of at least 4 members (excludes halogenated alkanes) is 1. The molecule has 2 rings (SSSR count). The molecule has 2 aromatic rings. The molecule has 0 aliphatic carbocycles. The van der Waals surface area contributed by atoms with Gasteiger partial charge in [-0.2, -0.15) is 0 Å². The fraction of sp³-hybridized carbons (Fsp3) is 0.562. The number of hydrogen-bond acceptors (Lipinski definition) is 3. The summed E-state index contributed by atoms with van der Waals surface area (Å²) in [5.41, 5.74) is 2.11. The maximum Gasteiger partial charge on any atom is 0.178 e. The number of aryl methyl sites for hydroxylation is 1. The van der Waals surface area contributed by atoms with E-state index in [9.17, 15) is 0 Å². The van der Waals surface area contributed by atoms with E-state index in [-0.39, 0.29) is 0 Å². The van der Waals surface area contributed by atoms with E-state index in [1.807, 2.05) is 12.1 Å². The zero-order chi connectivity index (χ0) is 15.4. The SMILES string of the molecule is COc1cccc2c1[nH]c(=S)n2CCCCN(C)C(C)C. The molecule has 0 saturated heterocycles. The summed E-state index contributed by atoms with van der Waals surface area (Å²) in [6.07, 6.45) is 2.29. The van der Waals surface area contributed by atoms with E-state index in [1.54, 1.807) is 7.11 Å². The number of hydrogen-bond donors (Lipinski definition) is 1. The first-order valence-corrected chi connectivity index (χ1v) is 7.91. The summed E-state index contributed by atoms with van der Waals surface area (Å²) < 4.78 is 8.32. The van der Waals surface area contributed by atoms with Crippen molar-refractivity contribution in [2.24, 2.45) is 0 Å². The first kappa shape index (κ1) is 16.0. The molecule has 0 unspecified atom stereocenters. The number of methoxy groups -OCH3 is 1. The van der Waals surface area contributed by atoms with Crippen molar-refractivity contribution in [1.29, 1.82) is 0 Å². The first-order valence-electron chi connectivity index (χ1n) is 7.50. The predicted octanol–water partition coefficient (Wildman–Crippen LogP) is 3.83. The van der Waals surface area contributed by atoms with Crippen LogP contribution in [-0.2, 0) is 6.54 Å². The van der Waals surface area contributed by atoms with Gasteiger partial charge in [-0.05, 0) is 64.6 Å². The highest BCUT2D eigenvalue weighted by atomic mass is 32.1. The number of aromatic nitrogens is 2. The lowest BCUT2D eigenvalue weighted by Gasteiger charge is -2.20. The van der Waals surface area contributed by atoms with E-state index in [4.69, 9.17) is 17.0 Å². The Hall–Kier alpha value is -1.33. The van der Waals surface area contributed by atoms with Crippen LogP contribution in [0.3, 0.4) is 0 Å². The molecule has 1 aromatic carbocycles. The zero-order valence-electron chi connectivity index (χ0n) is 13.3. The highest BCUT2D eigenvalue weighted by Gasteiger charge is 2.08. The number of H-pyrrole nitrogens is 1. The smallest absolute Gasteiger partial charge is 0.178 e. The maximum atomic E-state index is 5.44. The topological polar surface area (TPSA) is 33.2 Å². The summed E-state index contributed by atoms with van der Waals surface area (Å²) in [6.45, 7) is 6.51. The normalized spacial score (nSPS) is 11.7. The third kappa shape index (κ3) is 3.66. The van der Waals surface area contributed by atoms with Crippen LogP contribution in [0.2, 0.25) is 0 Å². The number of fused-ring (bicyclic) bond motifs is 1. The molecule has 5 heteroatoms. The van der Waals surface area contributed by atoms with E-state index in [2.05, 4.69) is 41.4 Å².